The fraction of sp³-hybridized carbons (Fsp3) is 0.286. The first-order valence-corrected chi connectivity index (χ1v) is 11.8. The Bertz CT molecular complexity index is 1370. The Morgan fingerprint density at radius 1 is 1.06 bits per heavy atom. The van der Waals surface area contributed by atoms with Crippen LogP contribution in [0.15, 0.2) is 77.4 Å². The second kappa shape index (κ2) is 8.98. The van der Waals surface area contributed by atoms with Crippen LogP contribution in [0.5, 0.6) is 0 Å². The van der Waals surface area contributed by atoms with Crippen molar-refractivity contribution in [2.45, 2.75) is 45.4 Å². The van der Waals surface area contributed by atoms with Crippen LogP contribution in [0.2, 0.25) is 0 Å². The molecule has 1 aromatic carbocycles. The minimum absolute atomic E-state index is 0.0621. The molecule has 2 N–H and O–H groups in total. The fourth-order valence-corrected chi connectivity index (χ4v) is 5.14. The lowest BCUT2D eigenvalue weighted by Crippen LogP contribution is -2.37. The monoisotopic (exact) mass is 467 g/mol. The van der Waals surface area contributed by atoms with Crippen molar-refractivity contribution in [3.05, 3.63) is 99.8 Å². The number of benzene rings is 1. The van der Waals surface area contributed by atoms with Gasteiger partial charge in [0.05, 0.1) is 6.20 Å². The fourth-order valence-electron chi connectivity index (χ4n) is 5.14. The third kappa shape index (κ3) is 4.18. The van der Waals surface area contributed by atoms with E-state index in [1.165, 1.54) is 0 Å². The van der Waals surface area contributed by atoms with Crippen LogP contribution in [0.4, 0.5) is 5.82 Å². The van der Waals surface area contributed by atoms with E-state index in [4.69, 9.17) is 0 Å². The number of hydrogen-bond donors (Lipinski definition) is 2. The number of aromatic nitrogens is 3. The van der Waals surface area contributed by atoms with E-state index in [2.05, 4.69) is 32.8 Å². The van der Waals surface area contributed by atoms with Gasteiger partial charge >= 0.3 is 0 Å². The molecule has 0 spiro atoms. The normalized spacial score (nSPS) is 19.9. The summed E-state index contributed by atoms with van der Waals surface area (Å²) < 4.78 is 1.78. The molecule has 35 heavy (non-hydrogen) atoms. The van der Waals surface area contributed by atoms with Crippen LogP contribution in [0, 0.1) is 13.8 Å². The Labute approximate surface area is 205 Å². The summed E-state index contributed by atoms with van der Waals surface area (Å²) in [4.78, 5) is 31.6. The van der Waals surface area contributed by atoms with E-state index in [-0.39, 0.29) is 17.6 Å². The van der Waals surface area contributed by atoms with Gasteiger partial charge in [-0.15, -0.1) is 0 Å². The second-order valence-electron chi connectivity index (χ2n) is 9.41. The number of aryl methyl sites for hydroxylation is 2. The van der Waals surface area contributed by atoms with Crippen molar-refractivity contribution in [2.75, 3.05) is 5.32 Å². The van der Waals surface area contributed by atoms with Crippen LogP contribution in [0.25, 0.3) is 0 Å². The summed E-state index contributed by atoms with van der Waals surface area (Å²) in [5.41, 5.74) is 6.78. The molecule has 0 bridgehead atoms. The topological polar surface area (TPSA) is 88.9 Å². The molecular weight excluding hydrogens is 438 g/mol. The van der Waals surface area contributed by atoms with Crippen LogP contribution >= 0.6 is 0 Å². The largest absolute Gasteiger partial charge is 0.362 e. The van der Waals surface area contributed by atoms with Gasteiger partial charge in [0.2, 0.25) is 0 Å². The van der Waals surface area contributed by atoms with Gasteiger partial charge in [0, 0.05) is 59.4 Å². The number of anilines is 1. The van der Waals surface area contributed by atoms with Gasteiger partial charge in [-0.25, -0.2) is 4.98 Å². The Morgan fingerprint density at radius 3 is 2.49 bits per heavy atom. The number of nitrogens with zero attached hydrogens (tertiary/aromatic N) is 3. The third-order valence-electron chi connectivity index (χ3n) is 7.08. The number of amides is 1. The number of hydrogen-bond acceptors (Lipinski definition) is 5. The molecule has 178 valence electrons. The summed E-state index contributed by atoms with van der Waals surface area (Å²) >= 11 is 0. The molecule has 2 atom stereocenters. The lowest BCUT2D eigenvalue weighted by Gasteiger charge is -2.36. The first-order valence-electron chi connectivity index (χ1n) is 11.8. The minimum Gasteiger partial charge on any atom is -0.362 e. The van der Waals surface area contributed by atoms with E-state index in [9.17, 15) is 9.59 Å². The van der Waals surface area contributed by atoms with Crippen LogP contribution in [-0.2, 0) is 16.6 Å². The average molecular weight is 468 g/mol. The molecule has 7 nitrogen and oxygen atoms in total. The zero-order chi connectivity index (χ0) is 24.7. The molecule has 7 heteroatoms. The summed E-state index contributed by atoms with van der Waals surface area (Å²) in [6, 6.07) is 13.8. The molecule has 1 aliphatic carbocycles. The van der Waals surface area contributed by atoms with Crippen molar-refractivity contribution >= 4 is 17.5 Å². The van der Waals surface area contributed by atoms with E-state index in [1.807, 2.05) is 52.1 Å². The van der Waals surface area contributed by atoms with Gasteiger partial charge in [0.1, 0.15) is 5.82 Å². The van der Waals surface area contributed by atoms with Gasteiger partial charge in [-0.1, -0.05) is 36.4 Å². The molecule has 0 saturated heterocycles. The SMILES string of the molecule is CC1=C(C(=O)Nc2ccc(C)cn2)[C@H](c2cnn(C)c2C)C2=C(C[C@@H](c3ccccc3)CC2=O)N1. The summed E-state index contributed by atoms with van der Waals surface area (Å²) in [6.45, 7) is 5.82. The number of pyridine rings is 1. The van der Waals surface area contributed by atoms with Crippen molar-refractivity contribution < 1.29 is 9.59 Å². The summed E-state index contributed by atoms with van der Waals surface area (Å²) in [5, 5.41) is 10.8. The highest BCUT2D eigenvalue weighted by atomic mass is 16.2. The molecular formula is C28H29N5O2. The van der Waals surface area contributed by atoms with Gasteiger partial charge in [0.15, 0.2) is 5.78 Å². The number of carbonyl (C=O) groups excluding carboxylic acids is 2. The van der Waals surface area contributed by atoms with E-state index < -0.39 is 5.92 Å². The standard InChI is InChI=1S/C28H29N5O2/c1-16-10-11-24(29-14-16)32-28(35)25-17(2)31-22-12-20(19-8-6-5-7-9-19)13-23(34)27(22)26(25)21-15-30-33(4)18(21)3/h5-11,14-15,20,26,31H,12-13H2,1-4H3,(H,29,32,35)/t20-,26+/m1/s1. The second-order valence-corrected chi connectivity index (χ2v) is 9.41. The Morgan fingerprint density at radius 2 is 1.83 bits per heavy atom. The van der Waals surface area contributed by atoms with E-state index in [0.29, 0.717) is 29.8 Å². The predicted octanol–water partition coefficient (Wildman–Crippen LogP) is 4.43. The quantitative estimate of drug-likeness (QED) is 0.593. The van der Waals surface area contributed by atoms with Gasteiger partial charge < -0.3 is 10.6 Å². The number of ketones is 1. The Balaban J connectivity index is 1.57. The van der Waals surface area contributed by atoms with Crippen LogP contribution in [0.3, 0.4) is 0 Å². The number of carbonyl (C=O) groups is 2. The van der Waals surface area contributed by atoms with Crippen LogP contribution < -0.4 is 10.6 Å². The highest BCUT2D eigenvalue weighted by Crippen LogP contribution is 2.46. The number of nitrogens with one attached hydrogen (secondary N) is 2. The molecule has 3 aromatic rings. The molecule has 2 aliphatic rings. The first-order chi connectivity index (χ1) is 16.8. The van der Waals surface area contributed by atoms with Gasteiger partial charge in [-0.05, 0) is 50.3 Å². The van der Waals surface area contributed by atoms with Crippen LogP contribution in [0.1, 0.15) is 54.0 Å². The third-order valence-corrected chi connectivity index (χ3v) is 7.08. The van der Waals surface area contributed by atoms with Gasteiger partial charge in [-0.2, -0.15) is 5.10 Å². The molecule has 0 fully saturated rings. The number of rotatable bonds is 4. The molecule has 2 aromatic heterocycles. The zero-order valence-corrected chi connectivity index (χ0v) is 20.4. The summed E-state index contributed by atoms with van der Waals surface area (Å²) in [7, 11) is 1.87. The van der Waals surface area contributed by atoms with Gasteiger partial charge in [-0.3, -0.25) is 14.3 Å². The maximum atomic E-state index is 13.7. The van der Waals surface area contributed by atoms with E-state index >= 15 is 0 Å². The highest BCUT2D eigenvalue weighted by molar-refractivity contribution is 6.09. The lowest BCUT2D eigenvalue weighted by atomic mass is 9.71. The number of Topliss-reactive ketones (excluding diaryl/α,β-unsaturated/α-hetero) is 1. The molecule has 3 heterocycles. The van der Waals surface area contributed by atoms with E-state index in [1.54, 1.807) is 23.1 Å². The first kappa shape index (κ1) is 22.8. The average Bonchev–Trinajstić information content (AvgIpc) is 3.17. The molecule has 0 unspecified atom stereocenters. The summed E-state index contributed by atoms with van der Waals surface area (Å²) in [5.74, 6) is -0.127. The predicted molar refractivity (Wildman–Crippen MR) is 135 cm³/mol. The molecule has 0 radical (unpaired) electrons. The maximum absolute atomic E-state index is 13.7. The minimum atomic E-state index is -0.491. The van der Waals surface area contributed by atoms with Crippen molar-refractivity contribution in [3.63, 3.8) is 0 Å². The molecule has 0 saturated carbocycles. The van der Waals surface area contributed by atoms with Crippen molar-refractivity contribution in [3.8, 4) is 0 Å². The smallest absolute Gasteiger partial charge is 0.255 e. The van der Waals surface area contributed by atoms with E-state index in [0.717, 1.165) is 33.8 Å². The van der Waals surface area contributed by atoms with Gasteiger partial charge in [0.25, 0.3) is 5.91 Å². The van der Waals surface area contributed by atoms with Crippen molar-refractivity contribution in [1.82, 2.24) is 20.1 Å². The number of allylic oxidation sites excluding steroid dienone is 3. The summed E-state index contributed by atoms with van der Waals surface area (Å²) in [6.07, 6.45) is 4.62. The lowest BCUT2D eigenvalue weighted by molar-refractivity contribution is -0.116. The molecule has 5 rings (SSSR count). The van der Waals surface area contributed by atoms with Crippen molar-refractivity contribution in [2.24, 2.45) is 7.05 Å². The zero-order valence-electron chi connectivity index (χ0n) is 20.4. The molecule has 1 aliphatic heterocycles. The maximum Gasteiger partial charge on any atom is 0.255 e. The Kier molecular flexibility index (Phi) is 5.84. The highest BCUT2D eigenvalue weighted by Gasteiger charge is 2.42. The van der Waals surface area contributed by atoms with Crippen molar-refractivity contribution in [1.29, 1.82) is 0 Å². The number of dihydropyridines is 1. The molecule has 1 amide bonds. The van der Waals surface area contributed by atoms with Crippen LogP contribution in [-0.4, -0.2) is 26.5 Å². The Hall–Kier alpha value is -4.00.